The van der Waals surface area contributed by atoms with E-state index in [9.17, 15) is 9.59 Å². The number of carbonyl (C=O) groups is 2. The fourth-order valence-corrected chi connectivity index (χ4v) is 2.27. The maximum Gasteiger partial charge on any atom is 0.244 e. The largest absolute Gasteiger partial charge is 0.369 e. The molecule has 2 rings (SSSR count). The second-order valence-corrected chi connectivity index (χ2v) is 4.62. The minimum Gasteiger partial charge on any atom is -0.369 e. The number of carbonyl (C=O) groups excluding carboxylic acids is 2. The van der Waals surface area contributed by atoms with Crippen molar-refractivity contribution in [2.24, 2.45) is 21.5 Å². The Morgan fingerprint density at radius 3 is 2.45 bits per heavy atom. The summed E-state index contributed by atoms with van der Waals surface area (Å²) in [5.74, 6) is -1.90. The summed E-state index contributed by atoms with van der Waals surface area (Å²) in [6, 6.07) is 0. The maximum atomic E-state index is 12.1. The van der Waals surface area contributed by atoms with Crippen LogP contribution in [0.1, 0.15) is 26.2 Å². The lowest BCUT2D eigenvalue weighted by molar-refractivity contribution is -0.147. The molecule has 4 N–H and O–H groups in total. The van der Waals surface area contributed by atoms with Crippen LogP contribution in [0.2, 0.25) is 0 Å². The van der Waals surface area contributed by atoms with Crippen molar-refractivity contribution in [2.75, 3.05) is 7.05 Å². The van der Waals surface area contributed by atoms with Crippen LogP contribution in [-0.2, 0) is 9.59 Å². The summed E-state index contributed by atoms with van der Waals surface area (Å²) in [5.41, 5.74) is 11.5. The first-order valence-corrected chi connectivity index (χ1v) is 6.39. The minimum atomic E-state index is -1.35. The summed E-state index contributed by atoms with van der Waals surface area (Å²) in [6.45, 7) is 1.94. The number of nitrogens with zero attached hydrogens (tertiary/aromatic N) is 4. The number of likely N-dealkylation sites (N-methyl/N-ethyl adjacent to an activating group) is 1. The molecule has 0 radical (unpaired) electrons. The van der Waals surface area contributed by atoms with E-state index < -0.39 is 5.79 Å². The zero-order valence-electron chi connectivity index (χ0n) is 11.5. The molecule has 0 aromatic rings. The van der Waals surface area contributed by atoms with Crippen LogP contribution in [0.25, 0.3) is 0 Å². The van der Waals surface area contributed by atoms with Gasteiger partial charge in [0.25, 0.3) is 0 Å². The number of aliphatic imine (C=N–C) groups is 2. The van der Waals surface area contributed by atoms with Crippen molar-refractivity contribution in [3.05, 3.63) is 12.2 Å². The van der Waals surface area contributed by atoms with Crippen molar-refractivity contribution in [1.82, 2.24) is 9.80 Å². The highest BCUT2D eigenvalue weighted by atomic mass is 16.2. The number of likely N-dealkylation sites (tertiary alicyclic amines) is 1. The highest BCUT2D eigenvalue weighted by Gasteiger charge is 2.50. The molecule has 2 amide bonds. The van der Waals surface area contributed by atoms with Gasteiger partial charge in [-0.05, 0) is 12.5 Å². The highest BCUT2D eigenvalue weighted by Crippen LogP contribution is 2.31. The fourth-order valence-electron chi connectivity index (χ4n) is 2.27. The van der Waals surface area contributed by atoms with Gasteiger partial charge in [0.05, 0.1) is 0 Å². The zero-order valence-corrected chi connectivity index (χ0v) is 11.5. The summed E-state index contributed by atoms with van der Waals surface area (Å²) >= 11 is 0. The summed E-state index contributed by atoms with van der Waals surface area (Å²) in [5, 5.41) is 0. The van der Waals surface area contributed by atoms with E-state index in [1.165, 1.54) is 4.90 Å². The molecule has 1 unspecified atom stereocenters. The molecule has 0 aliphatic carbocycles. The second-order valence-electron chi connectivity index (χ2n) is 4.62. The van der Waals surface area contributed by atoms with Crippen molar-refractivity contribution in [2.45, 2.75) is 32.0 Å². The molecule has 1 fully saturated rings. The lowest BCUT2D eigenvalue weighted by Gasteiger charge is -2.43. The Bertz CT molecular complexity index is 522. The van der Waals surface area contributed by atoms with Crippen molar-refractivity contribution in [1.29, 1.82) is 0 Å². The van der Waals surface area contributed by atoms with Crippen molar-refractivity contribution in [3.63, 3.8) is 0 Å². The Labute approximate surface area is 116 Å². The minimum absolute atomic E-state index is 0.0612. The Hall–Kier alpha value is -2.38. The Kier molecular flexibility index (Phi) is 3.47. The molecule has 0 aromatic carbocycles. The van der Waals surface area contributed by atoms with Gasteiger partial charge in [0, 0.05) is 19.9 Å². The van der Waals surface area contributed by atoms with Crippen LogP contribution in [0, 0.1) is 0 Å². The van der Waals surface area contributed by atoms with Gasteiger partial charge in [-0.25, -0.2) is 4.90 Å². The van der Waals surface area contributed by atoms with Gasteiger partial charge < -0.3 is 11.5 Å². The molecule has 2 heterocycles. The summed E-state index contributed by atoms with van der Waals surface area (Å²) in [4.78, 5) is 34.8. The number of guanidine groups is 2. The lowest BCUT2D eigenvalue weighted by Crippen LogP contribution is -2.64. The first-order valence-electron chi connectivity index (χ1n) is 6.39. The average Bonchev–Trinajstić information content (AvgIpc) is 2.72. The number of allylic oxidation sites excluding steroid dienone is 1. The molecule has 20 heavy (non-hydrogen) atoms. The molecule has 8 nitrogen and oxygen atoms in total. The predicted molar refractivity (Wildman–Crippen MR) is 74.3 cm³/mol. The quantitative estimate of drug-likeness (QED) is 0.524. The van der Waals surface area contributed by atoms with Crippen LogP contribution >= 0.6 is 0 Å². The molecular weight excluding hydrogens is 260 g/mol. The van der Waals surface area contributed by atoms with Crippen LogP contribution in [0.5, 0.6) is 0 Å². The standard InChI is InChI=1S/C12H18N6O2/c1-3-4-7-12(18-8(19)5-6-9(18)20)16-10(13)15-11(14)17(12)2/h4,7H,3,5-6H2,1-2H3,(H4,13,14,15,16). The van der Waals surface area contributed by atoms with E-state index in [0.717, 1.165) is 11.3 Å². The number of nitrogens with two attached hydrogens (primary N) is 2. The predicted octanol–water partition coefficient (Wildman–Crippen LogP) is -0.670. The summed E-state index contributed by atoms with van der Waals surface area (Å²) in [6.07, 6.45) is 4.52. The monoisotopic (exact) mass is 278 g/mol. The SMILES string of the molecule is CCC=CC1(N2C(=O)CCC2=O)N=C(N)N=C(N)N1C. The molecule has 108 valence electrons. The molecular formula is C12H18N6O2. The third kappa shape index (κ3) is 2.02. The topological polar surface area (TPSA) is 117 Å². The van der Waals surface area contributed by atoms with Crippen molar-refractivity contribution in [3.8, 4) is 0 Å². The number of rotatable bonds is 3. The normalized spacial score (nSPS) is 27.3. The summed E-state index contributed by atoms with van der Waals surface area (Å²) < 4.78 is 0. The van der Waals surface area contributed by atoms with Gasteiger partial charge in [0.2, 0.25) is 29.5 Å². The molecule has 0 saturated carbocycles. The first-order chi connectivity index (χ1) is 9.42. The molecule has 0 spiro atoms. The van der Waals surface area contributed by atoms with E-state index in [-0.39, 0.29) is 36.6 Å². The highest BCUT2D eigenvalue weighted by molar-refractivity contribution is 6.05. The van der Waals surface area contributed by atoms with Crippen LogP contribution in [-0.4, -0.2) is 46.4 Å². The Balaban J connectivity index is 2.57. The van der Waals surface area contributed by atoms with E-state index in [0.29, 0.717) is 0 Å². The van der Waals surface area contributed by atoms with Gasteiger partial charge in [-0.2, -0.15) is 9.98 Å². The van der Waals surface area contributed by atoms with E-state index in [2.05, 4.69) is 9.98 Å². The van der Waals surface area contributed by atoms with Gasteiger partial charge in [-0.1, -0.05) is 13.0 Å². The molecule has 1 saturated heterocycles. The average molecular weight is 278 g/mol. The smallest absolute Gasteiger partial charge is 0.244 e. The van der Waals surface area contributed by atoms with Crippen molar-refractivity contribution < 1.29 is 9.59 Å². The third-order valence-electron chi connectivity index (χ3n) is 3.30. The lowest BCUT2D eigenvalue weighted by atomic mass is 10.2. The number of hydrogen-bond donors (Lipinski definition) is 2. The van der Waals surface area contributed by atoms with E-state index in [1.807, 2.05) is 13.0 Å². The Morgan fingerprint density at radius 1 is 1.30 bits per heavy atom. The third-order valence-corrected chi connectivity index (χ3v) is 3.30. The molecule has 0 bridgehead atoms. The van der Waals surface area contributed by atoms with Crippen molar-refractivity contribution >= 4 is 23.7 Å². The van der Waals surface area contributed by atoms with Crippen LogP contribution in [0.15, 0.2) is 22.1 Å². The molecule has 8 heteroatoms. The van der Waals surface area contributed by atoms with Gasteiger partial charge in [-0.15, -0.1) is 0 Å². The maximum absolute atomic E-state index is 12.1. The van der Waals surface area contributed by atoms with Crippen LogP contribution in [0.4, 0.5) is 0 Å². The van der Waals surface area contributed by atoms with E-state index in [4.69, 9.17) is 11.5 Å². The van der Waals surface area contributed by atoms with E-state index >= 15 is 0 Å². The zero-order chi connectivity index (χ0) is 14.9. The van der Waals surface area contributed by atoms with Crippen LogP contribution in [0.3, 0.4) is 0 Å². The molecule has 1 atom stereocenters. The van der Waals surface area contributed by atoms with E-state index in [1.54, 1.807) is 13.1 Å². The van der Waals surface area contributed by atoms with Gasteiger partial charge in [0.15, 0.2) is 0 Å². The number of imide groups is 1. The Morgan fingerprint density at radius 2 is 1.90 bits per heavy atom. The molecule has 2 aliphatic heterocycles. The second kappa shape index (κ2) is 4.95. The van der Waals surface area contributed by atoms with Gasteiger partial charge >= 0.3 is 0 Å². The molecule has 0 aromatic heterocycles. The molecule has 2 aliphatic rings. The number of hydrogen-bond acceptors (Lipinski definition) is 7. The van der Waals surface area contributed by atoms with Crippen LogP contribution < -0.4 is 11.5 Å². The first kappa shape index (κ1) is 14.0. The fraction of sp³-hybridized carbons (Fsp3) is 0.500. The number of amides is 2. The van der Waals surface area contributed by atoms with Gasteiger partial charge in [0.1, 0.15) is 0 Å². The van der Waals surface area contributed by atoms with Gasteiger partial charge in [-0.3, -0.25) is 14.5 Å². The summed E-state index contributed by atoms with van der Waals surface area (Å²) in [7, 11) is 1.62.